The van der Waals surface area contributed by atoms with Gasteiger partial charge in [0, 0.05) is 6.26 Å². The number of benzene rings is 1. The Morgan fingerprint density at radius 3 is 2.00 bits per heavy atom. The van der Waals surface area contributed by atoms with Gasteiger partial charge >= 0.3 is 12.4 Å². The number of sulfone groups is 1. The van der Waals surface area contributed by atoms with Crippen LogP contribution in [0.25, 0.3) is 16.6 Å². The molecule has 3 aromatic rings. The lowest BCUT2D eigenvalue weighted by Crippen LogP contribution is -2.15. The highest BCUT2D eigenvalue weighted by atomic mass is 35.5. The average molecular weight is 505 g/mol. The molecule has 15 heteroatoms. The van der Waals surface area contributed by atoms with Gasteiger partial charge in [0.05, 0.1) is 25.8 Å². The minimum absolute atomic E-state index is 0.298. The maximum atomic E-state index is 13.5. The van der Waals surface area contributed by atoms with Crippen LogP contribution < -0.4 is 0 Å². The number of alkyl halides is 6. The molecular formula is C16H8Cl2F6N4O2S. The maximum absolute atomic E-state index is 13.5. The van der Waals surface area contributed by atoms with Crippen LogP contribution in [0, 0.1) is 0 Å². The van der Waals surface area contributed by atoms with Gasteiger partial charge in [0.25, 0.3) is 0 Å². The van der Waals surface area contributed by atoms with E-state index in [0.717, 1.165) is 18.4 Å². The fourth-order valence-electron chi connectivity index (χ4n) is 2.70. The van der Waals surface area contributed by atoms with Crippen LogP contribution in [0.2, 0.25) is 10.0 Å². The maximum Gasteiger partial charge on any atom is 0.434 e. The Balaban J connectivity index is 2.45. The van der Waals surface area contributed by atoms with E-state index in [4.69, 9.17) is 23.2 Å². The molecule has 0 aliphatic rings. The minimum Gasteiger partial charge on any atom is -0.244 e. The molecule has 0 N–H and O–H groups in total. The zero-order valence-electron chi connectivity index (χ0n) is 15.0. The minimum atomic E-state index is -5.29. The summed E-state index contributed by atoms with van der Waals surface area (Å²) in [4.78, 5) is 5.86. The second-order valence-corrected chi connectivity index (χ2v) is 8.98. The monoisotopic (exact) mass is 504 g/mol. The summed E-state index contributed by atoms with van der Waals surface area (Å²) in [6.45, 7) is 3.14. The van der Waals surface area contributed by atoms with Crippen LogP contribution in [0.15, 0.2) is 28.1 Å². The third-order valence-corrected chi connectivity index (χ3v) is 5.64. The molecule has 2 heterocycles. The van der Waals surface area contributed by atoms with Gasteiger partial charge in [-0.05, 0) is 24.9 Å². The van der Waals surface area contributed by atoms with Crippen molar-refractivity contribution in [3.8, 4) is 5.69 Å². The lowest BCUT2D eigenvalue weighted by Gasteiger charge is -2.12. The highest BCUT2D eigenvalue weighted by Crippen LogP contribution is 2.43. The van der Waals surface area contributed by atoms with E-state index in [0.29, 0.717) is 10.7 Å². The third kappa shape index (κ3) is 4.21. The van der Waals surface area contributed by atoms with Crippen molar-refractivity contribution in [2.75, 3.05) is 6.26 Å². The summed E-state index contributed by atoms with van der Waals surface area (Å²) in [6.07, 6.45) is -9.61. The SMILES string of the molecule is C=Nc1c2c(C(F)(F)F)nc(C(F)(F)F)cc2nn1-c1c(Cl)cc(S(C)(=O)=O)cc1Cl. The number of rotatable bonds is 3. The number of pyridine rings is 1. The Hall–Kier alpha value is -2.38. The van der Waals surface area contributed by atoms with Crippen LogP contribution in [0.5, 0.6) is 0 Å². The summed E-state index contributed by atoms with van der Waals surface area (Å²) in [5.74, 6) is -0.639. The lowest BCUT2D eigenvalue weighted by atomic mass is 10.2. The Kier molecular flexibility index (Phi) is 5.52. The predicted octanol–water partition coefficient (Wildman–Crippen LogP) is 5.50. The third-order valence-electron chi connectivity index (χ3n) is 3.97. The van der Waals surface area contributed by atoms with E-state index in [1.54, 1.807) is 0 Å². The topological polar surface area (TPSA) is 77.2 Å². The molecule has 0 fully saturated rings. The summed E-state index contributed by atoms with van der Waals surface area (Å²) in [5, 5.41) is 2.16. The Labute approximate surface area is 180 Å². The summed E-state index contributed by atoms with van der Waals surface area (Å²) >= 11 is 12.2. The zero-order chi connectivity index (χ0) is 23.5. The van der Waals surface area contributed by atoms with Gasteiger partial charge in [0.15, 0.2) is 21.3 Å². The fraction of sp³-hybridized carbons (Fsp3) is 0.188. The molecule has 0 spiro atoms. The first kappa shape index (κ1) is 23.3. The van der Waals surface area contributed by atoms with E-state index in [9.17, 15) is 34.8 Å². The smallest absolute Gasteiger partial charge is 0.244 e. The van der Waals surface area contributed by atoms with Crippen molar-refractivity contribution in [3.63, 3.8) is 0 Å². The molecule has 3 rings (SSSR count). The zero-order valence-corrected chi connectivity index (χ0v) is 17.3. The molecule has 6 nitrogen and oxygen atoms in total. The van der Waals surface area contributed by atoms with E-state index in [2.05, 4.69) is 21.8 Å². The molecule has 0 aliphatic heterocycles. The van der Waals surface area contributed by atoms with Gasteiger partial charge in [-0.3, -0.25) is 0 Å². The number of aromatic nitrogens is 3. The van der Waals surface area contributed by atoms with Gasteiger partial charge in [0.2, 0.25) is 0 Å². The van der Waals surface area contributed by atoms with Crippen molar-refractivity contribution in [3.05, 3.63) is 39.6 Å². The molecule has 166 valence electrons. The van der Waals surface area contributed by atoms with Gasteiger partial charge in [0.1, 0.15) is 11.4 Å². The first-order valence-electron chi connectivity index (χ1n) is 7.80. The van der Waals surface area contributed by atoms with Crippen molar-refractivity contribution < 1.29 is 34.8 Å². The molecule has 0 atom stereocenters. The van der Waals surface area contributed by atoms with Crippen LogP contribution in [-0.4, -0.2) is 36.2 Å². The van der Waals surface area contributed by atoms with Gasteiger partial charge in [-0.25, -0.2) is 23.1 Å². The van der Waals surface area contributed by atoms with Crippen molar-refractivity contribution >= 4 is 56.5 Å². The molecule has 1 aromatic carbocycles. The van der Waals surface area contributed by atoms with Gasteiger partial charge in [-0.1, -0.05) is 23.2 Å². The molecule has 0 amide bonds. The van der Waals surface area contributed by atoms with Crippen molar-refractivity contribution in [2.45, 2.75) is 17.2 Å². The summed E-state index contributed by atoms with van der Waals surface area (Å²) in [6, 6.07) is 2.23. The Morgan fingerprint density at radius 1 is 1.03 bits per heavy atom. The van der Waals surface area contributed by atoms with Gasteiger partial charge in [-0.2, -0.15) is 31.4 Å². The number of hydrogen-bond acceptors (Lipinski definition) is 5. The molecule has 31 heavy (non-hydrogen) atoms. The standard InChI is InChI=1S/C16H8Cl2F6N4O2S/c1-25-14-11-9(5-10(15(19,20)21)26-13(11)16(22,23)24)27-28(14)12-7(17)3-6(4-8(12)18)31(2,29)30/h3-5H,1H2,2H3. The Bertz CT molecular complexity index is 1310. The van der Waals surface area contributed by atoms with E-state index < -0.39 is 50.3 Å². The lowest BCUT2D eigenvalue weighted by molar-refractivity contribution is -0.149. The van der Waals surface area contributed by atoms with E-state index >= 15 is 0 Å². The number of fused-ring (bicyclic) bond motifs is 1. The molecule has 0 saturated heterocycles. The van der Waals surface area contributed by atoms with Crippen molar-refractivity contribution in [1.82, 2.24) is 14.8 Å². The number of halogens is 8. The van der Waals surface area contributed by atoms with Crippen LogP contribution >= 0.6 is 23.2 Å². The van der Waals surface area contributed by atoms with Gasteiger partial charge in [-0.15, -0.1) is 0 Å². The molecular weight excluding hydrogens is 497 g/mol. The van der Waals surface area contributed by atoms with Gasteiger partial charge < -0.3 is 0 Å². The quantitative estimate of drug-likeness (QED) is 0.348. The summed E-state index contributed by atoms with van der Waals surface area (Å²) < 4.78 is 104. The van der Waals surface area contributed by atoms with E-state index in [1.807, 2.05) is 0 Å². The Morgan fingerprint density at radius 2 is 1.58 bits per heavy atom. The van der Waals surface area contributed by atoms with Crippen molar-refractivity contribution in [1.29, 1.82) is 0 Å². The van der Waals surface area contributed by atoms with Crippen LogP contribution in [0.3, 0.4) is 0 Å². The highest BCUT2D eigenvalue weighted by Gasteiger charge is 2.42. The summed E-state index contributed by atoms with van der Waals surface area (Å²) in [7, 11) is -3.75. The van der Waals surface area contributed by atoms with E-state index in [-0.39, 0.29) is 20.6 Å². The van der Waals surface area contributed by atoms with Crippen molar-refractivity contribution in [2.24, 2.45) is 4.99 Å². The second-order valence-electron chi connectivity index (χ2n) is 6.15. The van der Waals surface area contributed by atoms with Crippen LogP contribution in [-0.2, 0) is 22.2 Å². The predicted molar refractivity (Wildman–Crippen MR) is 101 cm³/mol. The molecule has 0 saturated carbocycles. The van der Waals surface area contributed by atoms with E-state index in [1.165, 1.54) is 0 Å². The van der Waals surface area contributed by atoms with Crippen LogP contribution in [0.1, 0.15) is 11.4 Å². The molecule has 0 unspecified atom stereocenters. The van der Waals surface area contributed by atoms with Crippen LogP contribution in [0.4, 0.5) is 32.2 Å². The largest absolute Gasteiger partial charge is 0.434 e. The number of aliphatic imine (C=N–C) groups is 1. The first-order valence-corrected chi connectivity index (χ1v) is 10.4. The molecule has 0 radical (unpaired) electrons. The first-order chi connectivity index (χ1) is 14.1. The summed E-state index contributed by atoms with van der Waals surface area (Å²) in [5.41, 5.74) is -4.77. The molecule has 2 aromatic heterocycles. The average Bonchev–Trinajstić information content (AvgIpc) is 2.95. The normalized spacial score (nSPS) is 13.1. The molecule has 0 aliphatic carbocycles. The fourth-order valence-corrected chi connectivity index (χ4v) is 4.14. The molecule has 0 bridgehead atoms. The second kappa shape index (κ2) is 7.35. The number of nitrogens with zero attached hydrogens (tertiary/aromatic N) is 4. The highest BCUT2D eigenvalue weighted by molar-refractivity contribution is 7.90. The number of hydrogen-bond donors (Lipinski definition) is 0.